The van der Waals surface area contributed by atoms with Crippen molar-refractivity contribution in [2.45, 2.75) is 45.2 Å². The van der Waals surface area contributed by atoms with E-state index in [0.29, 0.717) is 18.6 Å². The molecule has 7 heteroatoms. The van der Waals surface area contributed by atoms with Crippen LogP contribution in [0.1, 0.15) is 38.2 Å². The maximum Gasteiger partial charge on any atom is 0.225 e. The Morgan fingerprint density at radius 3 is 2.61 bits per heavy atom. The second-order valence-corrected chi connectivity index (χ2v) is 9.88. The van der Waals surface area contributed by atoms with Gasteiger partial charge in [-0.3, -0.25) is 0 Å². The minimum Gasteiger partial charge on any atom is -0.494 e. The minimum atomic E-state index is 0.423. The Labute approximate surface area is 205 Å². The number of aromatic nitrogens is 2. The van der Waals surface area contributed by atoms with E-state index in [1.165, 1.54) is 18.4 Å². The maximum atomic E-state index is 5.77. The predicted octanol–water partition coefficient (Wildman–Crippen LogP) is 5.62. The number of halogens is 1. The molecule has 1 aliphatic carbocycles. The van der Waals surface area contributed by atoms with Crippen LogP contribution in [-0.4, -0.2) is 43.3 Å². The maximum absolute atomic E-state index is 5.77. The summed E-state index contributed by atoms with van der Waals surface area (Å²) in [5.74, 6) is 3.35. The molecule has 0 aliphatic heterocycles. The molecule has 2 aromatic carbocycles. The molecule has 0 saturated heterocycles. The average Bonchev–Trinajstić information content (AvgIpc) is 2.81. The Morgan fingerprint density at radius 1 is 1.06 bits per heavy atom. The number of rotatable bonds is 9. The third-order valence-corrected chi connectivity index (χ3v) is 6.75. The zero-order valence-corrected chi connectivity index (χ0v) is 21.4. The number of ether oxygens (including phenoxy) is 1. The van der Waals surface area contributed by atoms with E-state index in [-0.39, 0.29) is 0 Å². The first-order valence-corrected chi connectivity index (χ1v) is 12.7. The van der Waals surface area contributed by atoms with Crippen molar-refractivity contribution < 1.29 is 4.74 Å². The van der Waals surface area contributed by atoms with Crippen LogP contribution in [-0.2, 0) is 6.54 Å². The highest BCUT2D eigenvalue weighted by Crippen LogP contribution is 2.29. The van der Waals surface area contributed by atoms with Crippen molar-refractivity contribution in [1.82, 2.24) is 15.3 Å². The van der Waals surface area contributed by atoms with Crippen LogP contribution in [0.4, 0.5) is 11.8 Å². The molecule has 0 amide bonds. The molecule has 6 nitrogen and oxygen atoms in total. The van der Waals surface area contributed by atoms with Crippen molar-refractivity contribution in [3.8, 4) is 5.75 Å². The Bertz CT molecular complexity index is 1070. The fourth-order valence-electron chi connectivity index (χ4n) is 4.55. The molecule has 1 saturated carbocycles. The first kappa shape index (κ1) is 23.8. The van der Waals surface area contributed by atoms with Crippen LogP contribution < -0.4 is 20.3 Å². The molecule has 4 rings (SSSR count). The molecule has 33 heavy (non-hydrogen) atoms. The smallest absolute Gasteiger partial charge is 0.225 e. The summed E-state index contributed by atoms with van der Waals surface area (Å²) in [5, 5.41) is 8.34. The topological polar surface area (TPSA) is 62.3 Å². The van der Waals surface area contributed by atoms with Crippen LogP contribution in [0.2, 0.25) is 0 Å². The van der Waals surface area contributed by atoms with Crippen LogP contribution in [0, 0.1) is 5.92 Å². The highest BCUT2D eigenvalue weighted by Gasteiger charge is 2.22. The van der Waals surface area contributed by atoms with Crippen molar-refractivity contribution in [2.24, 2.45) is 5.92 Å². The van der Waals surface area contributed by atoms with E-state index < -0.39 is 0 Å². The Morgan fingerprint density at radius 2 is 1.85 bits per heavy atom. The monoisotopic (exact) mass is 511 g/mol. The van der Waals surface area contributed by atoms with Gasteiger partial charge in [0.05, 0.1) is 12.1 Å². The van der Waals surface area contributed by atoms with E-state index in [2.05, 4.69) is 49.7 Å². The van der Waals surface area contributed by atoms with Gasteiger partial charge in [0.2, 0.25) is 5.95 Å². The molecule has 3 aromatic rings. The zero-order chi connectivity index (χ0) is 23.2. The van der Waals surface area contributed by atoms with Crippen molar-refractivity contribution in [3.63, 3.8) is 0 Å². The summed E-state index contributed by atoms with van der Waals surface area (Å²) in [6.07, 6.45) is 4.69. The molecule has 176 valence electrons. The molecule has 0 atom stereocenters. The molecule has 0 bridgehead atoms. The average molecular weight is 512 g/mol. The molecule has 0 unspecified atom stereocenters. The van der Waals surface area contributed by atoms with Gasteiger partial charge in [0.15, 0.2) is 0 Å². The minimum absolute atomic E-state index is 0.423. The fourth-order valence-corrected chi connectivity index (χ4v) is 4.96. The number of fused-ring (bicyclic) bond motifs is 1. The summed E-state index contributed by atoms with van der Waals surface area (Å²) in [4.78, 5) is 11.6. The van der Waals surface area contributed by atoms with Gasteiger partial charge in [-0.2, -0.15) is 4.98 Å². The summed E-state index contributed by atoms with van der Waals surface area (Å²) in [5.41, 5.74) is 2.18. The Kier molecular flexibility index (Phi) is 8.04. The lowest BCUT2D eigenvalue weighted by Crippen LogP contribution is -2.31. The molecular formula is C26H34BrN5O. The number of nitrogens with zero attached hydrogens (tertiary/aromatic N) is 3. The molecule has 0 radical (unpaired) electrons. The van der Waals surface area contributed by atoms with E-state index in [0.717, 1.165) is 58.8 Å². The third kappa shape index (κ3) is 6.15. The number of para-hydroxylation sites is 1. The van der Waals surface area contributed by atoms with E-state index >= 15 is 0 Å². The van der Waals surface area contributed by atoms with Crippen molar-refractivity contribution >= 4 is 38.6 Å². The van der Waals surface area contributed by atoms with Crippen molar-refractivity contribution in [2.75, 3.05) is 37.5 Å². The molecule has 1 aliphatic rings. The lowest BCUT2D eigenvalue weighted by molar-refractivity contribution is 0.318. The van der Waals surface area contributed by atoms with Crippen LogP contribution in [0.5, 0.6) is 5.75 Å². The van der Waals surface area contributed by atoms with Gasteiger partial charge in [-0.15, -0.1) is 0 Å². The van der Waals surface area contributed by atoms with Crippen molar-refractivity contribution in [1.29, 1.82) is 0 Å². The zero-order valence-electron chi connectivity index (χ0n) is 19.8. The number of hydrogen-bond acceptors (Lipinski definition) is 6. The third-order valence-electron chi connectivity index (χ3n) is 6.26. The lowest BCUT2D eigenvalue weighted by Gasteiger charge is -2.29. The van der Waals surface area contributed by atoms with Gasteiger partial charge in [-0.25, -0.2) is 4.98 Å². The molecule has 0 spiro atoms. The van der Waals surface area contributed by atoms with Gasteiger partial charge < -0.3 is 20.3 Å². The fraction of sp³-hybridized carbons (Fsp3) is 0.462. The number of hydrogen-bond donors (Lipinski definition) is 2. The van der Waals surface area contributed by atoms with E-state index in [1.807, 2.05) is 45.3 Å². The predicted molar refractivity (Wildman–Crippen MR) is 140 cm³/mol. The van der Waals surface area contributed by atoms with Crippen LogP contribution in [0.3, 0.4) is 0 Å². The second-order valence-electron chi connectivity index (χ2n) is 8.96. The first-order chi connectivity index (χ1) is 16.0. The van der Waals surface area contributed by atoms with Gasteiger partial charge in [0, 0.05) is 42.1 Å². The van der Waals surface area contributed by atoms with Crippen LogP contribution >= 0.6 is 15.9 Å². The van der Waals surface area contributed by atoms with E-state index in [9.17, 15) is 0 Å². The SMILES string of the molecule is CCOc1ccc(Br)cc1CNC[C@H]1CC[C@@H](Nc2nc(N(C)C)c3ccccc3n2)CC1. The molecular weight excluding hydrogens is 478 g/mol. The van der Waals surface area contributed by atoms with Gasteiger partial charge in [-0.05, 0) is 75.4 Å². The summed E-state index contributed by atoms with van der Waals surface area (Å²) in [6, 6.07) is 14.8. The molecule has 2 N–H and O–H groups in total. The highest BCUT2D eigenvalue weighted by atomic mass is 79.9. The highest BCUT2D eigenvalue weighted by molar-refractivity contribution is 9.10. The van der Waals surface area contributed by atoms with Gasteiger partial charge in [-0.1, -0.05) is 28.1 Å². The Hall–Kier alpha value is -2.38. The summed E-state index contributed by atoms with van der Waals surface area (Å²) in [7, 11) is 4.06. The summed E-state index contributed by atoms with van der Waals surface area (Å²) >= 11 is 3.57. The largest absolute Gasteiger partial charge is 0.494 e. The van der Waals surface area contributed by atoms with Crippen LogP contribution in [0.15, 0.2) is 46.9 Å². The number of anilines is 2. The standard InChI is InChI=1S/C26H34BrN5O/c1-4-33-24-14-11-20(27)15-19(24)17-28-16-18-9-12-21(13-10-18)29-26-30-23-8-6-5-7-22(23)25(31-26)32(2)3/h5-8,11,14-15,18,21,28H,4,9-10,12-13,16-17H2,1-3H3,(H,29,30,31)/t18-,21+. The van der Waals surface area contributed by atoms with Gasteiger partial charge in [0.25, 0.3) is 0 Å². The number of benzene rings is 2. The molecule has 1 aromatic heterocycles. The van der Waals surface area contributed by atoms with Gasteiger partial charge >= 0.3 is 0 Å². The lowest BCUT2D eigenvalue weighted by atomic mass is 9.86. The quantitative estimate of drug-likeness (QED) is 0.388. The van der Waals surface area contributed by atoms with E-state index in [4.69, 9.17) is 14.7 Å². The normalized spacial score (nSPS) is 18.3. The molecule has 1 heterocycles. The van der Waals surface area contributed by atoms with E-state index in [1.54, 1.807) is 0 Å². The van der Waals surface area contributed by atoms with Crippen molar-refractivity contribution in [3.05, 3.63) is 52.5 Å². The summed E-state index contributed by atoms with van der Waals surface area (Å²) < 4.78 is 6.86. The second kappa shape index (κ2) is 11.2. The molecule has 1 fully saturated rings. The first-order valence-electron chi connectivity index (χ1n) is 11.9. The summed E-state index contributed by atoms with van der Waals surface area (Å²) in [6.45, 7) is 4.56. The van der Waals surface area contributed by atoms with Gasteiger partial charge in [0.1, 0.15) is 11.6 Å². The number of nitrogens with one attached hydrogen (secondary N) is 2. The Balaban J connectivity index is 1.29. The van der Waals surface area contributed by atoms with Crippen LogP contribution in [0.25, 0.3) is 10.9 Å².